The average Bonchev–Trinajstić information content (AvgIpc) is 3.64. The summed E-state index contributed by atoms with van der Waals surface area (Å²) in [5.74, 6) is -0.351. The number of para-hydroxylation sites is 1. The minimum Gasteiger partial charge on any atom is -0.367 e. The summed E-state index contributed by atoms with van der Waals surface area (Å²) >= 11 is 1.25. The normalized spacial score (nSPS) is 13.8. The Labute approximate surface area is 216 Å². The third-order valence-electron chi connectivity index (χ3n) is 6.51. The molecule has 2 N–H and O–H groups in total. The third-order valence-corrected chi connectivity index (χ3v) is 7.33. The van der Waals surface area contributed by atoms with Gasteiger partial charge in [-0.2, -0.15) is 5.10 Å². The average molecular weight is 516 g/mol. The Bertz CT molecular complexity index is 1670. The number of piperazine rings is 1. The summed E-state index contributed by atoms with van der Waals surface area (Å²) in [7, 11) is 3.59. The van der Waals surface area contributed by atoms with Gasteiger partial charge in [0, 0.05) is 69.2 Å². The van der Waals surface area contributed by atoms with Crippen LogP contribution in [0.3, 0.4) is 0 Å². The zero-order chi connectivity index (χ0) is 25.5. The monoisotopic (exact) mass is 515 g/mol. The van der Waals surface area contributed by atoms with Gasteiger partial charge in [0.15, 0.2) is 5.13 Å². The topological polar surface area (TPSA) is 115 Å². The van der Waals surface area contributed by atoms with Gasteiger partial charge >= 0.3 is 5.69 Å². The molecule has 188 valence electrons. The van der Waals surface area contributed by atoms with Gasteiger partial charge in [0.1, 0.15) is 5.69 Å². The van der Waals surface area contributed by atoms with E-state index in [0.29, 0.717) is 16.3 Å². The summed E-state index contributed by atoms with van der Waals surface area (Å²) in [5, 5.41) is 12.7. The Morgan fingerprint density at radius 2 is 1.97 bits per heavy atom. The van der Waals surface area contributed by atoms with Crippen LogP contribution in [0.15, 0.2) is 59.2 Å². The number of amides is 1. The zero-order valence-corrected chi connectivity index (χ0v) is 21.2. The molecule has 0 bridgehead atoms. The van der Waals surface area contributed by atoms with Gasteiger partial charge in [-0.3, -0.25) is 19.0 Å². The number of nitrogens with one attached hydrogen (secondary N) is 2. The van der Waals surface area contributed by atoms with Crippen LogP contribution in [0.1, 0.15) is 10.5 Å². The van der Waals surface area contributed by atoms with E-state index in [-0.39, 0.29) is 17.3 Å². The van der Waals surface area contributed by atoms with Crippen molar-refractivity contribution in [2.45, 2.75) is 0 Å². The van der Waals surface area contributed by atoms with E-state index in [9.17, 15) is 9.59 Å². The number of thiazole rings is 1. The molecule has 11 nitrogen and oxygen atoms in total. The van der Waals surface area contributed by atoms with Crippen LogP contribution in [0, 0.1) is 0 Å². The lowest BCUT2D eigenvalue weighted by Crippen LogP contribution is -2.43. The van der Waals surface area contributed by atoms with E-state index in [2.05, 4.69) is 30.6 Å². The SMILES string of the molecule is Cn1cc(-c2cccc3c2n(C)c(=O)n3-c2nc(C(=O)Nc3cnccc3N3CCNCC3)cs2)cn1. The number of hydrogen-bond acceptors (Lipinski definition) is 8. The minimum absolute atomic E-state index is 0.235. The van der Waals surface area contributed by atoms with Crippen molar-refractivity contribution in [3.8, 4) is 16.3 Å². The summed E-state index contributed by atoms with van der Waals surface area (Å²) in [6, 6.07) is 7.66. The highest BCUT2D eigenvalue weighted by Crippen LogP contribution is 2.30. The third kappa shape index (κ3) is 4.09. The number of fused-ring (bicyclic) bond motifs is 1. The highest BCUT2D eigenvalue weighted by atomic mass is 32.1. The first kappa shape index (κ1) is 23.1. The van der Waals surface area contributed by atoms with E-state index in [0.717, 1.165) is 48.5 Å². The molecule has 1 aromatic carbocycles. The molecular formula is C25H25N9O2S. The number of hydrogen-bond donors (Lipinski definition) is 2. The van der Waals surface area contributed by atoms with E-state index < -0.39 is 0 Å². The standard InChI is InChI=1S/C25H25N9O2S/c1-31-14-16(12-28-31)17-4-3-5-21-22(17)32(2)25(36)34(21)24-30-19(15-37-24)23(35)29-18-13-27-7-6-20(18)33-10-8-26-9-11-33/h3-7,12-15,26H,8-11H2,1-2H3,(H,29,35). The fourth-order valence-corrected chi connectivity index (χ4v) is 5.52. The van der Waals surface area contributed by atoms with Crippen LogP contribution >= 0.6 is 11.3 Å². The molecule has 12 heteroatoms. The number of carbonyl (C=O) groups is 1. The largest absolute Gasteiger partial charge is 0.367 e. The second-order valence-electron chi connectivity index (χ2n) is 8.85. The molecule has 0 aliphatic carbocycles. The van der Waals surface area contributed by atoms with E-state index >= 15 is 0 Å². The van der Waals surface area contributed by atoms with Crippen LogP contribution in [-0.2, 0) is 14.1 Å². The van der Waals surface area contributed by atoms with Gasteiger partial charge < -0.3 is 15.5 Å². The summed E-state index contributed by atoms with van der Waals surface area (Å²) < 4.78 is 4.88. The Morgan fingerprint density at radius 1 is 1.14 bits per heavy atom. The number of carbonyl (C=O) groups excluding carboxylic acids is 1. The maximum atomic E-state index is 13.3. The Hall–Kier alpha value is -4.29. The van der Waals surface area contributed by atoms with Crippen LogP contribution < -0.4 is 21.2 Å². The Morgan fingerprint density at radius 3 is 2.76 bits per heavy atom. The van der Waals surface area contributed by atoms with Crippen molar-refractivity contribution < 1.29 is 4.79 Å². The van der Waals surface area contributed by atoms with Gasteiger partial charge in [0.2, 0.25) is 0 Å². The first-order valence-corrected chi connectivity index (χ1v) is 12.8. The van der Waals surface area contributed by atoms with Crippen molar-refractivity contribution in [2.75, 3.05) is 36.4 Å². The van der Waals surface area contributed by atoms with Gasteiger partial charge in [0.05, 0.1) is 34.8 Å². The molecular weight excluding hydrogens is 490 g/mol. The molecule has 1 saturated heterocycles. The molecule has 0 radical (unpaired) electrons. The molecule has 5 aromatic rings. The molecule has 0 saturated carbocycles. The number of benzene rings is 1. The molecule has 4 aromatic heterocycles. The molecule has 1 amide bonds. The maximum absolute atomic E-state index is 13.3. The number of aryl methyl sites for hydroxylation is 2. The molecule has 1 aliphatic rings. The van der Waals surface area contributed by atoms with E-state index in [1.165, 1.54) is 11.3 Å². The van der Waals surface area contributed by atoms with Crippen molar-refractivity contribution in [1.82, 2.24) is 34.2 Å². The first-order chi connectivity index (χ1) is 18.0. The number of nitrogens with zero attached hydrogens (tertiary/aromatic N) is 7. The fourth-order valence-electron chi connectivity index (χ4n) is 4.71. The lowest BCUT2D eigenvalue weighted by atomic mass is 10.1. The molecule has 0 atom stereocenters. The highest BCUT2D eigenvalue weighted by Gasteiger charge is 2.21. The quantitative estimate of drug-likeness (QED) is 0.369. The van der Waals surface area contributed by atoms with Crippen LogP contribution in [-0.4, -0.2) is 61.0 Å². The van der Waals surface area contributed by atoms with Crippen LogP contribution in [0.4, 0.5) is 11.4 Å². The summed E-state index contributed by atoms with van der Waals surface area (Å²) in [6.45, 7) is 3.46. The van der Waals surface area contributed by atoms with Crippen molar-refractivity contribution in [1.29, 1.82) is 0 Å². The highest BCUT2D eigenvalue weighted by molar-refractivity contribution is 7.12. The summed E-state index contributed by atoms with van der Waals surface area (Å²) in [6.07, 6.45) is 7.06. The molecule has 37 heavy (non-hydrogen) atoms. The Kier molecular flexibility index (Phi) is 5.81. The smallest absolute Gasteiger partial charge is 0.335 e. The number of rotatable bonds is 5. The molecule has 0 spiro atoms. The van der Waals surface area contributed by atoms with E-state index in [1.54, 1.807) is 44.8 Å². The predicted octanol–water partition coefficient (Wildman–Crippen LogP) is 2.24. The van der Waals surface area contributed by atoms with Gasteiger partial charge in [-0.15, -0.1) is 11.3 Å². The van der Waals surface area contributed by atoms with Crippen molar-refractivity contribution >= 4 is 39.7 Å². The first-order valence-electron chi connectivity index (χ1n) is 11.9. The van der Waals surface area contributed by atoms with Crippen molar-refractivity contribution in [3.05, 3.63) is 70.6 Å². The predicted molar refractivity (Wildman–Crippen MR) is 144 cm³/mol. The lowest BCUT2D eigenvalue weighted by molar-refractivity contribution is 0.102. The van der Waals surface area contributed by atoms with E-state index in [4.69, 9.17) is 0 Å². The molecule has 1 fully saturated rings. The van der Waals surface area contributed by atoms with Crippen LogP contribution in [0.25, 0.3) is 27.3 Å². The molecule has 1 aliphatic heterocycles. The number of pyridine rings is 1. The number of anilines is 2. The second-order valence-corrected chi connectivity index (χ2v) is 9.69. The summed E-state index contributed by atoms with van der Waals surface area (Å²) in [4.78, 5) is 37.4. The molecule has 5 heterocycles. The maximum Gasteiger partial charge on any atom is 0.335 e. The van der Waals surface area contributed by atoms with Gasteiger partial charge in [0.25, 0.3) is 5.91 Å². The molecule has 6 rings (SSSR count). The number of aromatic nitrogens is 6. The molecule has 0 unspecified atom stereocenters. The Balaban J connectivity index is 1.34. The summed E-state index contributed by atoms with van der Waals surface area (Å²) in [5.41, 5.74) is 4.86. The van der Waals surface area contributed by atoms with Gasteiger partial charge in [-0.1, -0.05) is 12.1 Å². The van der Waals surface area contributed by atoms with E-state index in [1.807, 2.05) is 37.5 Å². The zero-order valence-electron chi connectivity index (χ0n) is 20.4. The van der Waals surface area contributed by atoms with Crippen LogP contribution in [0.2, 0.25) is 0 Å². The van der Waals surface area contributed by atoms with Crippen molar-refractivity contribution in [3.63, 3.8) is 0 Å². The fraction of sp³-hybridized carbons (Fsp3) is 0.240. The van der Waals surface area contributed by atoms with Gasteiger partial charge in [-0.25, -0.2) is 14.3 Å². The minimum atomic E-state index is -0.351. The number of imidazole rings is 1. The lowest BCUT2D eigenvalue weighted by Gasteiger charge is -2.30. The van der Waals surface area contributed by atoms with Crippen LogP contribution in [0.5, 0.6) is 0 Å². The van der Waals surface area contributed by atoms with Crippen molar-refractivity contribution in [2.24, 2.45) is 14.1 Å². The second kappa shape index (κ2) is 9.30. The van der Waals surface area contributed by atoms with Gasteiger partial charge in [-0.05, 0) is 12.1 Å².